The van der Waals surface area contributed by atoms with Gasteiger partial charge in [-0.1, -0.05) is 19.1 Å². The van der Waals surface area contributed by atoms with Crippen molar-refractivity contribution in [3.05, 3.63) is 79.9 Å². The summed E-state index contributed by atoms with van der Waals surface area (Å²) in [7, 11) is 0. The van der Waals surface area contributed by atoms with Crippen LogP contribution < -0.4 is 10.7 Å². The van der Waals surface area contributed by atoms with Crippen molar-refractivity contribution in [3.8, 4) is 5.69 Å². The predicted molar refractivity (Wildman–Crippen MR) is 136 cm³/mol. The Labute approximate surface area is 202 Å². The van der Waals surface area contributed by atoms with E-state index in [0.29, 0.717) is 24.6 Å². The minimum Gasteiger partial charge on any atom is -0.350 e. The number of hydrogen-bond donors (Lipinski definition) is 1. The molecule has 5 rings (SSSR count). The maximum Gasteiger partial charge on any atom is 0.257 e. The number of fused-ring (bicyclic) bond motifs is 3. The molecule has 2 aromatic heterocycles. The van der Waals surface area contributed by atoms with Gasteiger partial charge in [0.1, 0.15) is 5.56 Å². The Morgan fingerprint density at radius 2 is 2.09 bits per heavy atom. The van der Waals surface area contributed by atoms with E-state index in [-0.39, 0.29) is 16.6 Å². The quantitative estimate of drug-likeness (QED) is 0.571. The summed E-state index contributed by atoms with van der Waals surface area (Å²) >= 11 is 3.49. The number of thioether (sulfide) groups is 1. The van der Waals surface area contributed by atoms with Crippen LogP contribution in [0, 0.1) is 6.92 Å². The number of nitrogens with zero attached hydrogens (tertiary/aromatic N) is 2. The maximum absolute atomic E-state index is 13.5. The van der Waals surface area contributed by atoms with Gasteiger partial charge in [0.05, 0.1) is 5.69 Å². The summed E-state index contributed by atoms with van der Waals surface area (Å²) in [6.45, 7) is 6.76. The monoisotopic (exact) mass is 479 g/mol. The molecule has 0 saturated carbocycles. The number of carbonyl (C=O) groups excluding carboxylic acids is 1. The Morgan fingerprint density at radius 3 is 2.88 bits per heavy atom. The summed E-state index contributed by atoms with van der Waals surface area (Å²) in [6, 6.07) is 12.4. The topological polar surface area (TPSA) is 54.3 Å². The molecule has 1 N–H and O–H groups in total. The van der Waals surface area contributed by atoms with Crippen molar-refractivity contribution < 1.29 is 4.79 Å². The standard InChI is InChI=1S/C26H29N3O2S2/c1-3-28-11-6-7-19(28)15-27-26(31)25-21-14-24(18-10-12-32-16-18)33-23-9-5-4-8-20(23)29(21)17(2)13-22(25)30/h4-5,8-10,12-13,16,19,24H,3,6-7,11,14-15H2,1-2H3,(H,27,31)/t19-,24+/m0/s1. The summed E-state index contributed by atoms with van der Waals surface area (Å²) in [6.07, 6.45) is 2.87. The van der Waals surface area contributed by atoms with E-state index in [1.165, 1.54) is 5.56 Å². The van der Waals surface area contributed by atoms with Crippen molar-refractivity contribution in [2.75, 3.05) is 19.6 Å². The molecule has 0 unspecified atom stereocenters. The lowest BCUT2D eigenvalue weighted by molar-refractivity contribution is 0.0938. The van der Waals surface area contributed by atoms with Crippen LogP contribution in [0.4, 0.5) is 0 Å². The zero-order valence-corrected chi connectivity index (χ0v) is 20.7. The van der Waals surface area contributed by atoms with Crippen molar-refractivity contribution in [1.29, 1.82) is 0 Å². The second-order valence-electron chi connectivity index (χ2n) is 8.78. The summed E-state index contributed by atoms with van der Waals surface area (Å²) in [4.78, 5) is 30.2. The van der Waals surface area contributed by atoms with Gasteiger partial charge in [-0.05, 0) is 67.4 Å². The number of amides is 1. The second kappa shape index (κ2) is 9.49. The molecule has 0 bridgehead atoms. The van der Waals surface area contributed by atoms with Gasteiger partial charge in [-0.3, -0.25) is 14.5 Å². The van der Waals surface area contributed by atoms with Gasteiger partial charge in [0.2, 0.25) is 0 Å². The van der Waals surface area contributed by atoms with Crippen LogP contribution in [-0.2, 0) is 6.42 Å². The number of hydrogen-bond acceptors (Lipinski definition) is 5. The van der Waals surface area contributed by atoms with E-state index >= 15 is 0 Å². The Hall–Kier alpha value is -2.35. The van der Waals surface area contributed by atoms with Gasteiger partial charge < -0.3 is 9.88 Å². The fraction of sp³-hybridized carbons (Fsp3) is 0.385. The van der Waals surface area contributed by atoms with E-state index in [4.69, 9.17) is 0 Å². The van der Waals surface area contributed by atoms with Crippen molar-refractivity contribution in [2.24, 2.45) is 0 Å². The second-order valence-corrected chi connectivity index (χ2v) is 10.8. The molecule has 7 heteroatoms. The van der Waals surface area contributed by atoms with Gasteiger partial charge >= 0.3 is 0 Å². The third-order valence-corrected chi connectivity index (χ3v) is 8.82. The largest absolute Gasteiger partial charge is 0.350 e. The average Bonchev–Trinajstić information content (AvgIpc) is 3.47. The van der Waals surface area contributed by atoms with Crippen molar-refractivity contribution >= 4 is 29.0 Å². The molecule has 0 aliphatic carbocycles. The molecular weight excluding hydrogens is 450 g/mol. The molecule has 2 atom stereocenters. The third kappa shape index (κ3) is 4.29. The van der Waals surface area contributed by atoms with Crippen LogP contribution in [0.3, 0.4) is 0 Å². The fourth-order valence-corrected chi connectivity index (χ4v) is 7.23. The number of benzene rings is 1. The van der Waals surface area contributed by atoms with Gasteiger partial charge in [-0.25, -0.2) is 0 Å². The summed E-state index contributed by atoms with van der Waals surface area (Å²) in [5, 5.41) is 7.51. The van der Waals surface area contributed by atoms with Crippen LogP contribution >= 0.6 is 23.1 Å². The molecule has 0 spiro atoms. The lowest BCUT2D eigenvalue weighted by Crippen LogP contribution is -2.41. The molecule has 1 fully saturated rings. The highest BCUT2D eigenvalue weighted by Crippen LogP contribution is 2.44. The molecule has 5 nitrogen and oxygen atoms in total. The van der Waals surface area contributed by atoms with Gasteiger partial charge in [-0.15, -0.1) is 11.8 Å². The minimum atomic E-state index is -0.250. The first-order chi connectivity index (χ1) is 16.1. The Morgan fingerprint density at radius 1 is 1.24 bits per heavy atom. The number of likely N-dealkylation sites (tertiary alicyclic amines) is 1. The highest BCUT2D eigenvalue weighted by atomic mass is 32.2. The van der Waals surface area contributed by atoms with E-state index in [1.807, 2.05) is 30.8 Å². The number of carbonyl (C=O) groups is 1. The smallest absolute Gasteiger partial charge is 0.257 e. The third-order valence-electron chi connectivity index (χ3n) is 6.80. The molecule has 1 saturated heterocycles. The zero-order valence-electron chi connectivity index (χ0n) is 19.0. The van der Waals surface area contributed by atoms with E-state index in [0.717, 1.165) is 47.9 Å². The number of likely N-dealkylation sites (N-methyl/N-ethyl adjacent to an activating group) is 1. The maximum atomic E-state index is 13.5. The summed E-state index contributed by atoms with van der Waals surface area (Å²) in [5.41, 5.74) is 4.04. The first kappa shape index (κ1) is 22.4. The number of thiophene rings is 1. The number of nitrogens with one attached hydrogen (secondary N) is 1. The lowest BCUT2D eigenvalue weighted by atomic mass is 10.0. The molecule has 3 aromatic rings. The first-order valence-electron chi connectivity index (χ1n) is 11.6. The molecule has 1 amide bonds. The normalized spacial score (nSPS) is 20.2. The number of aromatic nitrogens is 1. The Balaban J connectivity index is 1.57. The lowest BCUT2D eigenvalue weighted by Gasteiger charge is -2.24. The van der Waals surface area contributed by atoms with E-state index in [1.54, 1.807) is 17.4 Å². The Bertz CT molecular complexity index is 1220. The number of para-hydroxylation sites is 1. The zero-order chi connectivity index (χ0) is 22.9. The Kier molecular flexibility index (Phi) is 6.45. The van der Waals surface area contributed by atoms with Gasteiger partial charge in [0, 0.05) is 46.6 Å². The van der Waals surface area contributed by atoms with E-state index in [2.05, 4.69) is 50.7 Å². The highest BCUT2D eigenvalue weighted by molar-refractivity contribution is 7.99. The van der Waals surface area contributed by atoms with Crippen LogP contribution in [0.5, 0.6) is 0 Å². The van der Waals surface area contributed by atoms with Crippen molar-refractivity contribution in [2.45, 2.75) is 49.3 Å². The van der Waals surface area contributed by atoms with E-state index in [9.17, 15) is 9.59 Å². The fourth-order valence-electron chi connectivity index (χ4n) is 5.16. The number of pyridine rings is 1. The molecule has 4 heterocycles. The van der Waals surface area contributed by atoms with Crippen LogP contribution in [0.15, 0.2) is 56.8 Å². The molecular formula is C26H29N3O2S2. The molecule has 0 radical (unpaired) electrons. The highest BCUT2D eigenvalue weighted by Gasteiger charge is 2.30. The predicted octanol–water partition coefficient (Wildman–Crippen LogP) is 4.81. The molecule has 33 heavy (non-hydrogen) atoms. The molecule has 172 valence electrons. The van der Waals surface area contributed by atoms with Gasteiger partial charge in [-0.2, -0.15) is 11.3 Å². The van der Waals surface area contributed by atoms with Gasteiger partial charge in [0.25, 0.3) is 5.91 Å². The molecule has 2 aliphatic heterocycles. The minimum absolute atomic E-state index is 0.143. The molecule has 1 aromatic carbocycles. The van der Waals surface area contributed by atoms with Crippen LogP contribution in [-0.4, -0.2) is 41.1 Å². The SMILES string of the molecule is CCN1CCC[C@H]1CNC(=O)c1c2n(c(C)cc1=O)-c1ccccc1S[C@@H](c1ccsc1)C2. The van der Waals surface area contributed by atoms with Crippen LogP contribution in [0.25, 0.3) is 5.69 Å². The first-order valence-corrected chi connectivity index (χ1v) is 13.4. The van der Waals surface area contributed by atoms with E-state index < -0.39 is 0 Å². The number of aryl methyl sites for hydroxylation is 1. The summed E-state index contributed by atoms with van der Waals surface area (Å²) < 4.78 is 2.12. The summed E-state index contributed by atoms with van der Waals surface area (Å²) in [5.74, 6) is -0.250. The van der Waals surface area contributed by atoms with Crippen molar-refractivity contribution in [3.63, 3.8) is 0 Å². The van der Waals surface area contributed by atoms with Crippen LogP contribution in [0.1, 0.15) is 52.3 Å². The average molecular weight is 480 g/mol. The molecule has 2 aliphatic rings. The van der Waals surface area contributed by atoms with Crippen molar-refractivity contribution in [1.82, 2.24) is 14.8 Å². The number of rotatable bonds is 5. The van der Waals surface area contributed by atoms with Gasteiger partial charge in [0.15, 0.2) is 5.43 Å². The van der Waals surface area contributed by atoms with Crippen LogP contribution in [0.2, 0.25) is 0 Å².